The molecule has 0 radical (unpaired) electrons. The van der Waals surface area contributed by atoms with Crippen LogP contribution in [0.25, 0.3) is 0 Å². The summed E-state index contributed by atoms with van der Waals surface area (Å²) >= 11 is 8.88. The molecule has 12 heavy (non-hydrogen) atoms. The number of carbonyl (C=O) groups excluding carboxylic acids is 1. The van der Waals surface area contributed by atoms with Crippen LogP contribution in [0.1, 0.15) is 17.4 Å². The molecule has 0 saturated heterocycles. The number of rotatable bonds is 2. The van der Waals surface area contributed by atoms with E-state index in [0.29, 0.717) is 16.8 Å². The molecule has 1 heterocycles. The maximum absolute atomic E-state index is 11.1. The Labute approximate surface area is 92.2 Å². The Morgan fingerprint density at radius 3 is 2.92 bits per heavy atom. The number of nitrogens with zero attached hydrogens (tertiary/aromatic N) is 1. The summed E-state index contributed by atoms with van der Waals surface area (Å²) in [6.45, 7) is 2.10. The highest BCUT2D eigenvalue weighted by atomic mass is 127. The number of aromatic nitrogens is 1. The third-order valence-corrected chi connectivity index (χ3v) is 3.15. The molecule has 0 amide bonds. The average Bonchev–Trinajstić information content (AvgIpc) is 2.30. The van der Waals surface area contributed by atoms with E-state index in [0.717, 1.165) is 2.88 Å². The van der Waals surface area contributed by atoms with Crippen molar-refractivity contribution in [2.24, 2.45) is 0 Å². The molecule has 66 valence electrons. The maximum atomic E-state index is 11.1. The van der Waals surface area contributed by atoms with E-state index < -0.39 is 5.97 Å². The van der Waals surface area contributed by atoms with Gasteiger partial charge in [-0.3, -0.25) is 0 Å². The van der Waals surface area contributed by atoms with Crippen molar-refractivity contribution >= 4 is 51.5 Å². The number of hydrogen-bond acceptors (Lipinski definition) is 4. The van der Waals surface area contributed by atoms with Crippen LogP contribution in [-0.4, -0.2) is 17.6 Å². The Morgan fingerprint density at radius 1 is 1.83 bits per heavy atom. The van der Waals surface area contributed by atoms with E-state index in [1.165, 1.54) is 11.3 Å². The standard InChI is InChI=1S/C6H5ClINO2S/c1-2-11-5(10)3-4(8)12-6(7)9-3/h2H2,1H3. The van der Waals surface area contributed by atoms with Crippen LogP contribution in [0.15, 0.2) is 0 Å². The van der Waals surface area contributed by atoms with Gasteiger partial charge in [-0.25, -0.2) is 9.78 Å². The third kappa shape index (κ3) is 2.30. The van der Waals surface area contributed by atoms with Crippen LogP contribution in [0, 0.1) is 2.88 Å². The molecule has 0 N–H and O–H groups in total. The van der Waals surface area contributed by atoms with E-state index in [4.69, 9.17) is 16.3 Å². The second kappa shape index (κ2) is 4.38. The summed E-state index contributed by atoms with van der Waals surface area (Å²) in [4.78, 5) is 15.0. The number of hydrogen-bond donors (Lipinski definition) is 0. The lowest BCUT2D eigenvalue weighted by Gasteiger charge is -1.96. The van der Waals surface area contributed by atoms with Crippen molar-refractivity contribution in [1.82, 2.24) is 4.98 Å². The third-order valence-electron chi connectivity index (χ3n) is 1.03. The fourth-order valence-electron chi connectivity index (χ4n) is 0.602. The fourth-order valence-corrected chi connectivity index (χ4v) is 2.79. The van der Waals surface area contributed by atoms with Crippen molar-refractivity contribution < 1.29 is 9.53 Å². The van der Waals surface area contributed by atoms with E-state index in [-0.39, 0.29) is 0 Å². The minimum absolute atomic E-state index is 0.312. The number of carbonyl (C=O) groups is 1. The lowest BCUT2D eigenvalue weighted by molar-refractivity contribution is 0.0519. The summed E-state index contributed by atoms with van der Waals surface area (Å²) in [6, 6.07) is 0. The summed E-state index contributed by atoms with van der Waals surface area (Å²) in [7, 11) is 0. The molecule has 0 aliphatic heterocycles. The van der Waals surface area contributed by atoms with Crippen molar-refractivity contribution in [3.05, 3.63) is 13.0 Å². The first-order chi connectivity index (χ1) is 5.65. The first-order valence-electron chi connectivity index (χ1n) is 3.14. The molecule has 0 unspecified atom stereocenters. The van der Waals surface area contributed by atoms with Gasteiger partial charge < -0.3 is 4.74 Å². The minimum atomic E-state index is -0.412. The van der Waals surface area contributed by atoms with Gasteiger partial charge in [0.05, 0.1) is 6.61 Å². The van der Waals surface area contributed by atoms with E-state index in [1.807, 2.05) is 22.6 Å². The zero-order chi connectivity index (χ0) is 9.14. The number of halogens is 2. The fraction of sp³-hybridized carbons (Fsp3) is 0.333. The van der Waals surface area contributed by atoms with Crippen LogP contribution >= 0.6 is 45.5 Å². The zero-order valence-corrected chi connectivity index (χ0v) is 9.86. The summed E-state index contributed by atoms with van der Waals surface area (Å²) in [6.07, 6.45) is 0. The molecular formula is C6H5ClINO2S. The van der Waals surface area contributed by atoms with Gasteiger partial charge in [-0.05, 0) is 29.5 Å². The van der Waals surface area contributed by atoms with Crippen molar-refractivity contribution in [3.8, 4) is 0 Å². The largest absolute Gasteiger partial charge is 0.461 e. The van der Waals surface area contributed by atoms with Gasteiger partial charge >= 0.3 is 5.97 Å². The van der Waals surface area contributed by atoms with Gasteiger partial charge in [-0.15, -0.1) is 0 Å². The highest BCUT2D eigenvalue weighted by molar-refractivity contribution is 14.1. The summed E-state index contributed by atoms with van der Waals surface area (Å²) in [5.74, 6) is -0.412. The molecule has 0 bridgehead atoms. The summed E-state index contributed by atoms with van der Waals surface area (Å²) < 4.78 is 5.89. The van der Waals surface area contributed by atoms with Gasteiger partial charge in [0.1, 0.15) is 2.88 Å². The van der Waals surface area contributed by atoms with Gasteiger partial charge in [0.25, 0.3) is 0 Å². The van der Waals surface area contributed by atoms with Crippen molar-refractivity contribution in [2.45, 2.75) is 6.92 Å². The molecule has 1 aromatic heterocycles. The average molecular weight is 318 g/mol. The summed E-state index contributed by atoms with van der Waals surface area (Å²) in [5.41, 5.74) is 0.312. The molecule has 0 fully saturated rings. The van der Waals surface area contributed by atoms with Crippen molar-refractivity contribution in [3.63, 3.8) is 0 Å². The molecule has 0 saturated carbocycles. The lowest BCUT2D eigenvalue weighted by Crippen LogP contribution is -2.06. The monoisotopic (exact) mass is 317 g/mol. The van der Waals surface area contributed by atoms with Gasteiger partial charge in [-0.2, -0.15) is 0 Å². The van der Waals surface area contributed by atoms with Crippen LogP contribution < -0.4 is 0 Å². The van der Waals surface area contributed by atoms with Crippen LogP contribution in [0.3, 0.4) is 0 Å². The first-order valence-corrected chi connectivity index (χ1v) is 5.41. The molecule has 0 atom stereocenters. The highest BCUT2D eigenvalue weighted by Gasteiger charge is 2.16. The smallest absolute Gasteiger partial charge is 0.358 e. The predicted molar refractivity (Wildman–Crippen MR) is 55.8 cm³/mol. The molecule has 3 nitrogen and oxygen atoms in total. The maximum Gasteiger partial charge on any atom is 0.358 e. The molecular weight excluding hydrogens is 312 g/mol. The lowest BCUT2D eigenvalue weighted by atomic mass is 10.5. The first kappa shape index (κ1) is 10.2. The van der Waals surface area contributed by atoms with E-state index in [2.05, 4.69) is 4.98 Å². The number of thiazole rings is 1. The van der Waals surface area contributed by atoms with Gasteiger partial charge in [0, 0.05) is 0 Å². The van der Waals surface area contributed by atoms with Crippen molar-refractivity contribution in [1.29, 1.82) is 0 Å². The number of esters is 1. The molecule has 0 aliphatic carbocycles. The molecule has 1 rings (SSSR count). The van der Waals surface area contributed by atoms with Crippen LogP contribution in [0.4, 0.5) is 0 Å². The zero-order valence-electron chi connectivity index (χ0n) is 6.13. The predicted octanol–water partition coefficient (Wildman–Crippen LogP) is 2.58. The van der Waals surface area contributed by atoms with Gasteiger partial charge in [0.2, 0.25) is 0 Å². The van der Waals surface area contributed by atoms with Gasteiger partial charge in [-0.1, -0.05) is 22.9 Å². The second-order valence-electron chi connectivity index (χ2n) is 1.81. The van der Waals surface area contributed by atoms with E-state index >= 15 is 0 Å². The Hall–Kier alpha value is 0.120. The summed E-state index contributed by atoms with van der Waals surface area (Å²) in [5, 5.41) is 0. The normalized spacial score (nSPS) is 9.92. The molecule has 0 spiro atoms. The van der Waals surface area contributed by atoms with E-state index in [1.54, 1.807) is 6.92 Å². The Bertz CT molecular complexity index is 302. The topological polar surface area (TPSA) is 39.2 Å². The van der Waals surface area contributed by atoms with Crippen molar-refractivity contribution in [2.75, 3.05) is 6.61 Å². The number of ether oxygens (including phenoxy) is 1. The molecule has 1 aromatic rings. The minimum Gasteiger partial charge on any atom is -0.461 e. The Balaban J connectivity index is 2.87. The van der Waals surface area contributed by atoms with Crippen LogP contribution in [-0.2, 0) is 4.74 Å². The highest BCUT2D eigenvalue weighted by Crippen LogP contribution is 2.24. The van der Waals surface area contributed by atoms with Gasteiger partial charge in [0.15, 0.2) is 10.2 Å². The molecule has 0 aliphatic rings. The molecule has 6 heteroatoms. The Kier molecular flexibility index (Phi) is 3.73. The quantitative estimate of drug-likeness (QED) is 0.622. The Morgan fingerprint density at radius 2 is 2.50 bits per heavy atom. The van der Waals surface area contributed by atoms with Crippen LogP contribution in [0.2, 0.25) is 4.47 Å². The second-order valence-corrected chi connectivity index (χ2v) is 5.20. The molecule has 0 aromatic carbocycles. The van der Waals surface area contributed by atoms with E-state index in [9.17, 15) is 4.79 Å². The van der Waals surface area contributed by atoms with Crippen LogP contribution in [0.5, 0.6) is 0 Å². The SMILES string of the molecule is CCOC(=O)c1nc(Cl)sc1I.